The highest BCUT2D eigenvalue weighted by Crippen LogP contribution is 2.43. The predicted molar refractivity (Wildman–Crippen MR) is 217 cm³/mol. The van der Waals surface area contributed by atoms with Gasteiger partial charge in [0.25, 0.3) is 0 Å². The van der Waals surface area contributed by atoms with Gasteiger partial charge in [-0.2, -0.15) is 0 Å². The quantitative estimate of drug-likeness (QED) is 0.0233. The molecule has 316 valence electrons. The Balaban J connectivity index is 4.39. The summed E-state index contributed by atoms with van der Waals surface area (Å²) < 4.78 is 32.7. The molecule has 0 aliphatic carbocycles. The number of hydrogen-bond donors (Lipinski definition) is 3. The van der Waals surface area contributed by atoms with Gasteiger partial charge in [0.1, 0.15) is 12.6 Å². The van der Waals surface area contributed by atoms with Crippen LogP contribution in [0.3, 0.4) is 0 Å². The number of rotatable bonds is 40. The number of nitrogens with two attached hydrogens (primary N) is 1. The Kier molecular flexibility index (Phi) is 36.4. The maximum atomic E-state index is 12.6. The Hall–Kier alpha value is -2.04. The maximum Gasteiger partial charge on any atom is 0.472 e. The molecule has 0 aliphatic heterocycles. The molecule has 0 bridgehead atoms. The summed E-state index contributed by atoms with van der Waals surface area (Å²) in [5.74, 6) is -2.39. The van der Waals surface area contributed by atoms with Crippen molar-refractivity contribution in [2.24, 2.45) is 5.73 Å². The largest absolute Gasteiger partial charge is 0.480 e. The summed E-state index contributed by atoms with van der Waals surface area (Å²) in [6.07, 6.45) is 38.1. The third-order valence-electron chi connectivity index (χ3n) is 9.20. The summed E-state index contributed by atoms with van der Waals surface area (Å²) in [6, 6.07) is -1.52. The van der Waals surface area contributed by atoms with Crippen LogP contribution in [0.4, 0.5) is 0 Å². The van der Waals surface area contributed by atoms with Crippen LogP contribution in [-0.2, 0) is 37.5 Å². The number of phosphoric acid groups is 1. The number of ether oxygens (including phenoxy) is 2. The first-order valence-electron chi connectivity index (χ1n) is 21.4. The fourth-order valence-electron chi connectivity index (χ4n) is 5.80. The van der Waals surface area contributed by atoms with Gasteiger partial charge in [-0.05, 0) is 44.9 Å². The van der Waals surface area contributed by atoms with E-state index in [0.717, 1.165) is 64.2 Å². The normalized spacial score (nSPS) is 14.0. The highest BCUT2D eigenvalue weighted by atomic mass is 31.2. The Morgan fingerprint density at radius 2 is 0.981 bits per heavy atom. The predicted octanol–water partition coefficient (Wildman–Crippen LogP) is 11.1. The number of carbonyl (C=O) groups is 3. The summed E-state index contributed by atoms with van der Waals surface area (Å²) in [6.45, 7) is 2.78. The van der Waals surface area contributed by atoms with Gasteiger partial charge in [0.05, 0.1) is 13.2 Å². The van der Waals surface area contributed by atoms with Crippen molar-refractivity contribution in [3.8, 4) is 0 Å². The van der Waals surface area contributed by atoms with Gasteiger partial charge in [-0.15, -0.1) is 0 Å². The van der Waals surface area contributed by atoms with Crippen molar-refractivity contribution in [2.45, 2.75) is 206 Å². The smallest absolute Gasteiger partial charge is 0.472 e. The van der Waals surface area contributed by atoms with Crippen molar-refractivity contribution < 1.29 is 47.5 Å². The van der Waals surface area contributed by atoms with Crippen LogP contribution in [0.2, 0.25) is 0 Å². The fourth-order valence-corrected chi connectivity index (χ4v) is 6.58. The molecule has 12 heteroatoms. The molecular weight excluding hydrogens is 709 g/mol. The highest BCUT2D eigenvalue weighted by molar-refractivity contribution is 7.47. The van der Waals surface area contributed by atoms with Crippen molar-refractivity contribution in [1.29, 1.82) is 0 Å². The number of hydrogen-bond acceptors (Lipinski definition) is 9. The molecule has 0 heterocycles. The van der Waals surface area contributed by atoms with E-state index >= 15 is 0 Å². The summed E-state index contributed by atoms with van der Waals surface area (Å²) in [4.78, 5) is 45.9. The van der Waals surface area contributed by atoms with Crippen LogP contribution in [-0.4, -0.2) is 59.9 Å². The number of carbonyl (C=O) groups excluding carboxylic acids is 2. The first-order chi connectivity index (χ1) is 26.1. The van der Waals surface area contributed by atoms with E-state index in [1.165, 1.54) is 89.9 Å². The van der Waals surface area contributed by atoms with Crippen molar-refractivity contribution in [3.63, 3.8) is 0 Å². The molecule has 0 radical (unpaired) electrons. The Bertz CT molecular complexity index is 1020. The van der Waals surface area contributed by atoms with E-state index < -0.39 is 51.1 Å². The molecule has 0 fully saturated rings. The second kappa shape index (κ2) is 37.9. The molecule has 11 nitrogen and oxygen atoms in total. The van der Waals surface area contributed by atoms with E-state index in [9.17, 15) is 23.8 Å². The molecule has 0 aromatic carbocycles. The summed E-state index contributed by atoms with van der Waals surface area (Å²) in [5, 5.41) is 8.88. The molecule has 3 unspecified atom stereocenters. The molecule has 0 rings (SSSR count). The van der Waals surface area contributed by atoms with Crippen LogP contribution in [0.15, 0.2) is 24.3 Å². The van der Waals surface area contributed by atoms with Gasteiger partial charge in [0.2, 0.25) is 0 Å². The molecular formula is C42H78NO10P. The molecule has 3 atom stereocenters. The van der Waals surface area contributed by atoms with E-state index in [1.54, 1.807) is 0 Å². The van der Waals surface area contributed by atoms with Gasteiger partial charge in [-0.1, -0.05) is 160 Å². The second-order valence-corrected chi connectivity index (χ2v) is 15.9. The second-order valence-electron chi connectivity index (χ2n) is 14.5. The minimum atomic E-state index is -4.71. The molecule has 0 aliphatic rings. The molecule has 0 amide bonds. The third-order valence-corrected chi connectivity index (χ3v) is 10.2. The molecule has 0 aromatic rings. The lowest BCUT2D eigenvalue weighted by atomic mass is 10.0. The third kappa shape index (κ3) is 36.9. The number of aliphatic carboxylic acids is 1. The zero-order chi connectivity index (χ0) is 40.0. The molecule has 0 saturated heterocycles. The minimum absolute atomic E-state index is 0.148. The zero-order valence-electron chi connectivity index (χ0n) is 34.1. The summed E-state index contributed by atoms with van der Waals surface area (Å²) in [7, 11) is -4.71. The average molecular weight is 788 g/mol. The number of carboxylic acid groups (broad SMARTS) is 1. The highest BCUT2D eigenvalue weighted by Gasteiger charge is 2.28. The first-order valence-corrected chi connectivity index (χ1v) is 22.9. The van der Waals surface area contributed by atoms with Gasteiger partial charge in [0.15, 0.2) is 6.10 Å². The number of phosphoric ester groups is 1. The number of esters is 2. The van der Waals surface area contributed by atoms with Crippen molar-refractivity contribution in [3.05, 3.63) is 24.3 Å². The molecule has 54 heavy (non-hydrogen) atoms. The summed E-state index contributed by atoms with van der Waals surface area (Å²) >= 11 is 0. The Labute approximate surface area is 328 Å². The zero-order valence-corrected chi connectivity index (χ0v) is 35.0. The van der Waals surface area contributed by atoms with Gasteiger partial charge >= 0.3 is 25.7 Å². The van der Waals surface area contributed by atoms with E-state index in [2.05, 4.69) is 42.7 Å². The Morgan fingerprint density at radius 3 is 1.46 bits per heavy atom. The van der Waals surface area contributed by atoms with Crippen molar-refractivity contribution in [1.82, 2.24) is 0 Å². The van der Waals surface area contributed by atoms with Gasteiger partial charge in [-0.25, -0.2) is 4.57 Å². The lowest BCUT2D eigenvalue weighted by Crippen LogP contribution is -2.34. The SMILES string of the molecule is CCCCCC/C=C\C/C=C\CCCCCCCC(=O)OC(COC(=O)CCCCCCCCCCCCCCCC)COP(=O)(O)OCC(N)C(=O)O. The van der Waals surface area contributed by atoms with E-state index in [-0.39, 0.29) is 19.4 Å². The molecule has 0 saturated carbocycles. The standard InChI is InChI=1S/C42H78NO10P/c1-3-5-7-9-11-13-15-17-19-20-22-24-26-28-30-32-34-41(45)53-38(36-51-54(48,49)52-37-39(43)42(46)47)35-50-40(44)33-31-29-27-25-23-21-18-16-14-12-10-8-6-4-2/h13,15,19-20,38-39H,3-12,14,16-18,21-37,43H2,1-2H3,(H,46,47)(H,48,49)/b15-13-,20-19-. The monoisotopic (exact) mass is 788 g/mol. The van der Waals surface area contributed by atoms with Crippen LogP contribution in [0.5, 0.6) is 0 Å². The van der Waals surface area contributed by atoms with E-state index in [0.29, 0.717) is 12.8 Å². The maximum absolute atomic E-state index is 12.6. The minimum Gasteiger partial charge on any atom is -0.480 e. The molecule has 0 spiro atoms. The molecule has 4 N–H and O–H groups in total. The van der Waals surface area contributed by atoms with Crippen molar-refractivity contribution in [2.75, 3.05) is 19.8 Å². The van der Waals surface area contributed by atoms with Crippen LogP contribution in [0, 0.1) is 0 Å². The average Bonchev–Trinajstić information content (AvgIpc) is 3.14. The van der Waals surface area contributed by atoms with Gasteiger partial charge in [-0.3, -0.25) is 23.4 Å². The topological polar surface area (TPSA) is 172 Å². The van der Waals surface area contributed by atoms with Crippen LogP contribution >= 0.6 is 7.82 Å². The van der Waals surface area contributed by atoms with E-state index in [1.807, 2.05) is 0 Å². The van der Waals surface area contributed by atoms with E-state index in [4.69, 9.17) is 24.8 Å². The molecule has 0 aromatic heterocycles. The number of carboxylic acids is 1. The fraction of sp³-hybridized carbons (Fsp3) is 0.833. The van der Waals surface area contributed by atoms with Crippen LogP contribution in [0.1, 0.15) is 194 Å². The van der Waals surface area contributed by atoms with Crippen LogP contribution < -0.4 is 5.73 Å². The first kappa shape index (κ1) is 52.0. The number of allylic oxidation sites excluding steroid dienone is 4. The van der Waals surface area contributed by atoms with Gasteiger partial charge < -0.3 is 25.2 Å². The van der Waals surface area contributed by atoms with Crippen LogP contribution in [0.25, 0.3) is 0 Å². The van der Waals surface area contributed by atoms with Crippen molar-refractivity contribution >= 4 is 25.7 Å². The summed E-state index contributed by atoms with van der Waals surface area (Å²) in [5.41, 5.74) is 5.33. The number of unbranched alkanes of at least 4 members (excludes halogenated alkanes) is 22. The van der Waals surface area contributed by atoms with Gasteiger partial charge in [0, 0.05) is 12.8 Å². The lowest BCUT2D eigenvalue weighted by molar-refractivity contribution is -0.161. The Morgan fingerprint density at radius 1 is 0.574 bits per heavy atom. The lowest BCUT2D eigenvalue weighted by Gasteiger charge is -2.20.